The number of carbonyl (C=O) groups is 1. The minimum absolute atomic E-state index is 0.114. The van der Waals surface area contributed by atoms with Crippen LogP contribution in [0.25, 0.3) is 10.2 Å². The molecule has 0 unspecified atom stereocenters. The normalized spacial score (nSPS) is 12.1. The van der Waals surface area contributed by atoms with Crippen LogP contribution in [0.15, 0.2) is 45.9 Å². The number of thiazole rings is 1. The molecule has 1 amide bonds. The predicted molar refractivity (Wildman–Crippen MR) is 98.7 cm³/mol. The molecule has 2 aromatic carbocycles. The van der Waals surface area contributed by atoms with Gasteiger partial charge in [-0.3, -0.25) is 4.79 Å². The van der Waals surface area contributed by atoms with Crippen LogP contribution in [-0.4, -0.2) is 10.5 Å². The smallest absolute Gasteiger partial charge is 0.252 e. The average molecular weight is 389 g/mol. The van der Waals surface area contributed by atoms with E-state index in [9.17, 15) is 4.79 Å². The monoisotopic (exact) mass is 388 g/mol. The third kappa shape index (κ3) is 3.31. The van der Waals surface area contributed by atoms with Crippen molar-refractivity contribution in [2.75, 3.05) is 0 Å². The maximum absolute atomic E-state index is 12.4. The molecular formula is C18H17BrN2OS. The summed E-state index contributed by atoms with van der Waals surface area (Å²) in [6, 6.07) is 12.2. The number of rotatable bonds is 2. The van der Waals surface area contributed by atoms with Gasteiger partial charge in [0.15, 0.2) is 4.80 Å². The van der Waals surface area contributed by atoms with Crippen LogP contribution < -0.4 is 4.80 Å². The lowest BCUT2D eigenvalue weighted by molar-refractivity contribution is -0.117. The highest BCUT2D eigenvalue weighted by atomic mass is 79.9. The van der Waals surface area contributed by atoms with Gasteiger partial charge in [-0.05, 0) is 53.0 Å². The van der Waals surface area contributed by atoms with Gasteiger partial charge in [-0.15, -0.1) is 0 Å². The van der Waals surface area contributed by atoms with Gasteiger partial charge in [0.05, 0.1) is 16.6 Å². The zero-order valence-electron chi connectivity index (χ0n) is 13.3. The number of carbonyl (C=O) groups excluding carboxylic acids is 1. The summed E-state index contributed by atoms with van der Waals surface area (Å²) >= 11 is 5.09. The van der Waals surface area contributed by atoms with Crippen molar-refractivity contribution < 1.29 is 4.79 Å². The van der Waals surface area contributed by atoms with Gasteiger partial charge in [0, 0.05) is 11.5 Å². The van der Waals surface area contributed by atoms with Gasteiger partial charge in [0.25, 0.3) is 5.91 Å². The number of fused-ring (bicyclic) bond motifs is 1. The fraction of sp³-hybridized carbons (Fsp3) is 0.222. The van der Waals surface area contributed by atoms with Crippen LogP contribution in [0, 0.1) is 13.8 Å². The molecule has 5 heteroatoms. The number of halogens is 1. The molecule has 0 aliphatic carbocycles. The first kappa shape index (κ1) is 16.1. The summed E-state index contributed by atoms with van der Waals surface area (Å²) in [4.78, 5) is 17.4. The van der Waals surface area contributed by atoms with Crippen molar-refractivity contribution in [2.45, 2.75) is 20.3 Å². The largest absolute Gasteiger partial charge is 0.318 e. The van der Waals surface area contributed by atoms with Crippen LogP contribution >= 0.6 is 27.3 Å². The van der Waals surface area contributed by atoms with Crippen molar-refractivity contribution >= 4 is 43.4 Å². The van der Waals surface area contributed by atoms with Crippen LogP contribution in [0.4, 0.5) is 0 Å². The predicted octanol–water partition coefficient (Wildman–Crippen LogP) is 4.29. The SMILES string of the molecule is Cc1ccc(C)c(CC(=O)N=c2sc3cccc(Br)c3n2C)c1. The van der Waals surface area contributed by atoms with Gasteiger partial charge in [-0.1, -0.05) is 41.2 Å². The lowest BCUT2D eigenvalue weighted by atomic mass is 10.0. The van der Waals surface area contributed by atoms with Crippen molar-refractivity contribution in [1.29, 1.82) is 0 Å². The van der Waals surface area contributed by atoms with Crippen molar-refractivity contribution in [2.24, 2.45) is 12.0 Å². The van der Waals surface area contributed by atoms with E-state index in [4.69, 9.17) is 0 Å². The summed E-state index contributed by atoms with van der Waals surface area (Å²) < 4.78 is 4.09. The standard InChI is InChI=1S/C18H17BrN2OS/c1-11-7-8-12(2)13(9-11)10-16(22)20-18-21(3)17-14(19)5-4-6-15(17)23-18/h4-9H,10H2,1-3H3. The molecule has 3 aromatic rings. The molecule has 1 heterocycles. The minimum Gasteiger partial charge on any atom is -0.318 e. The first-order valence-corrected chi connectivity index (χ1v) is 8.94. The highest BCUT2D eigenvalue weighted by molar-refractivity contribution is 9.10. The fourth-order valence-corrected chi connectivity index (χ4v) is 4.39. The molecule has 0 spiro atoms. The van der Waals surface area contributed by atoms with Crippen LogP contribution in [0.5, 0.6) is 0 Å². The van der Waals surface area contributed by atoms with Crippen molar-refractivity contribution in [3.63, 3.8) is 0 Å². The molecule has 3 nitrogen and oxygen atoms in total. The molecular weight excluding hydrogens is 372 g/mol. The Balaban J connectivity index is 1.98. The van der Waals surface area contributed by atoms with Gasteiger partial charge in [0.2, 0.25) is 0 Å². The Labute approximate surface area is 147 Å². The Morgan fingerprint density at radius 3 is 2.78 bits per heavy atom. The van der Waals surface area contributed by atoms with E-state index in [0.29, 0.717) is 6.42 Å². The van der Waals surface area contributed by atoms with Gasteiger partial charge in [-0.2, -0.15) is 4.99 Å². The number of nitrogens with zero attached hydrogens (tertiary/aromatic N) is 2. The van der Waals surface area contributed by atoms with E-state index in [1.165, 1.54) is 11.3 Å². The van der Waals surface area contributed by atoms with E-state index in [-0.39, 0.29) is 5.91 Å². The Hall–Kier alpha value is -1.72. The Bertz CT molecular complexity index is 969. The summed E-state index contributed by atoms with van der Waals surface area (Å²) in [5, 5.41) is 0. The third-order valence-electron chi connectivity index (χ3n) is 3.84. The molecule has 0 atom stereocenters. The lowest BCUT2D eigenvalue weighted by Crippen LogP contribution is -2.14. The molecule has 0 aliphatic heterocycles. The van der Waals surface area contributed by atoms with Gasteiger partial charge < -0.3 is 4.57 Å². The molecule has 0 saturated carbocycles. The number of amides is 1. The highest BCUT2D eigenvalue weighted by Crippen LogP contribution is 2.24. The third-order valence-corrected chi connectivity index (χ3v) is 5.58. The van der Waals surface area contributed by atoms with Crippen LogP contribution in [0.3, 0.4) is 0 Å². The summed E-state index contributed by atoms with van der Waals surface area (Å²) in [6.45, 7) is 4.06. The molecule has 0 radical (unpaired) electrons. The fourth-order valence-electron chi connectivity index (χ4n) is 2.56. The van der Waals surface area contributed by atoms with E-state index in [1.807, 2.05) is 43.7 Å². The number of hydrogen-bond donors (Lipinski definition) is 0. The maximum atomic E-state index is 12.4. The van der Waals surface area contributed by atoms with Gasteiger partial charge >= 0.3 is 0 Å². The van der Waals surface area contributed by atoms with Gasteiger partial charge in [-0.25, -0.2) is 0 Å². The summed E-state index contributed by atoms with van der Waals surface area (Å²) in [6.07, 6.45) is 0.336. The first-order valence-electron chi connectivity index (χ1n) is 7.33. The van der Waals surface area contributed by atoms with Crippen molar-refractivity contribution in [1.82, 2.24) is 4.57 Å². The summed E-state index contributed by atoms with van der Waals surface area (Å²) in [5.74, 6) is -0.114. The number of benzene rings is 2. The molecule has 0 fully saturated rings. The molecule has 0 bridgehead atoms. The van der Waals surface area contributed by atoms with Crippen LogP contribution in [0.2, 0.25) is 0 Å². The quantitative estimate of drug-likeness (QED) is 0.644. The molecule has 118 valence electrons. The zero-order chi connectivity index (χ0) is 16.6. The Morgan fingerprint density at radius 1 is 1.26 bits per heavy atom. The van der Waals surface area contributed by atoms with Gasteiger partial charge in [0.1, 0.15) is 0 Å². The van der Waals surface area contributed by atoms with E-state index in [1.54, 1.807) is 0 Å². The molecule has 1 aromatic heterocycles. The van der Waals surface area contributed by atoms with Crippen LogP contribution in [0.1, 0.15) is 16.7 Å². The van der Waals surface area contributed by atoms with Crippen LogP contribution in [-0.2, 0) is 18.3 Å². The maximum Gasteiger partial charge on any atom is 0.252 e. The first-order chi connectivity index (χ1) is 11.0. The minimum atomic E-state index is -0.114. The Kier molecular flexibility index (Phi) is 4.50. The molecule has 23 heavy (non-hydrogen) atoms. The molecule has 3 rings (SSSR count). The lowest BCUT2D eigenvalue weighted by Gasteiger charge is -2.04. The number of aryl methyl sites for hydroxylation is 3. The topological polar surface area (TPSA) is 34.4 Å². The summed E-state index contributed by atoms with van der Waals surface area (Å²) in [7, 11) is 1.94. The van der Waals surface area contributed by atoms with Crippen molar-refractivity contribution in [3.05, 3.63) is 62.4 Å². The van der Waals surface area contributed by atoms with E-state index < -0.39 is 0 Å². The van der Waals surface area contributed by atoms with E-state index in [2.05, 4.69) is 39.1 Å². The second-order valence-electron chi connectivity index (χ2n) is 5.64. The second-order valence-corrected chi connectivity index (χ2v) is 7.51. The van der Waals surface area contributed by atoms with E-state index >= 15 is 0 Å². The highest BCUT2D eigenvalue weighted by Gasteiger charge is 2.09. The molecule has 0 N–H and O–H groups in total. The average Bonchev–Trinajstić information content (AvgIpc) is 2.80. The number of para-hydroxylation sites is 1. The van der Waals surface area contributed by atoms with E-state index in [0.717, 1.165) is 36.2 Å². The second kappa shape index (κ2) is 6.42. The number of hydrogen-bond acceptors (Lipinski definition) is 2. The Morgan fingerprint density at radius 2 is 2.04 bits per heavy atom. The number of aromatic nitrogens is 1. The zero-order valence-corrected chi connectivity index (χ0v) is 15.7. The molecule has 0 saturated heterocycles. The molecule has 0 aliphatic rings. The van der Waals surface area contributed by atoms with Crippen molar-refractivity contribution in [3.8, 4) is 0 Å². The summed E-state index contributed by atoms with van der Waals surface area (Å²) in [5.41, 5.74) is 4.40.